The Kier molecular flexibility index (Phi) is 5.87. The summed E-state index contributed by atoms with van der Waals surface area (Å²) < 4.78 is 0. The van der Waals surface area contributed by atoms with E-state index in [1.165, 1.54) is 6.33 Å². The Hall–Kier alpha value is -3.29. The van der Waals surface area contributed by atoms with Crippen LogP contribution in [0.2, 0.25) is 0 Å². The van der Waals surface area contributed by atoms with Crippen molar-refractivity contribution in [3.8, 4) is 0 Å². The van der Waals surface area contributed by atoms with Gasteiger partial charge in [-0.05, 0) is 25.5 Å². The molecule has 3 rings (SSSR count). The average molecular weight is 350 g/mol. The summed E-state index contributed by atoms with van der Waals surface area (Å²) in [5.41, 5.74) is 1.16. The quantitative estimate of drug-likeness (QED) is 0.641. The molecular formula is C18H22N8. The lowest BCUT2D eigenvalue weighted by atomic mass is 10.2. The zero-order valence-corrected chi connectivity index (χ0v) is 14.9. The summed E-state index contributed by atoms with van der Waals surface area (Å²) >= 11 is 0. The second-order valence-corrected chi connectivity index (χ2v) is 5.51. The van der Waals surface area contributed by atoms with Crippen molar-refractivity contribution in [1.29, 1.82) is 0 Å². The minimum absolute atomic E-state index is 0.441. The van der Waals surface area contributed by atoms with Crippen LogP contribution in [-0.2, 0) is 6.54 Å². The Balaban J connectivity index is 1.84. The van der Waals surface area contributed by atoms with Gasteiger partial charge in [-0.3, -0.25) is 0 Å². The molecule has 3 aromatic rings. The van der Waals surface area contributed by atoms with E-state index in [1.807, 2.05) is 18.2 Å². The standard InChI is InChI=1S/C18H22N8/c1-3-26(4-2)18-24-16(20-12-14-8-6-5-7-9-14)23-17(25-18)22-15-10-11-19-13-21-15/h5-11,13H,3-4,12H2,1-2H3,(H2,19,20,21,22,23,24,25). The van der Waals surface area contributed by atoms with Gasteiger partial charge in [0.2, 0.25) is 17.8 Å². The first-order chi connectivity index (χ1) is 12.8. The van der Waals surface area contributed by atoms with Crippen molar-refractivity contribution in [2.75, 3.05) is 28.6 Å². The van der Waals surface area contributed by atoms with E-state index in [2.05, 4.69) is 66.4 Å². The topological polar surface area (TPSA) is 91.8 Å². The smallest absolute Gasteiger partial charge is 0.235 e. The van der Waals surface area contributed by atoms with Crippen LogP contribution in [0.4, 0.5) is 23.7 Å². The number of rotatable bonds is 8. The zero-order valence-electron chi connectivity index (χ0n) is 14.9. The summed E-state index contributed by atoms with van der Waals surface area (Å²) in [4.78, 5) is 23.7. The molecule has 1 aromatic carbocycles. The van der Waals surface area contributed by atoms with Crippen molar-refractivity contribution < 1.29 is 0 Å². The molecule has 0 aliphatic rings. The molecule has 8 nitrogen and oxygen atoms in total. The SMILES string of the molecule is CCN(CC)c1nc(NCc2ccccc2)nc(Nc2ccncn2)n1. The third kappa shape index (κ3) is 4.62. The molecule has 134 valence electrons. The molecule has 0 radical (unpaired) electrons. The lowest BCUT2D eigenvalue weighted by Gasteiger charge is -2.19. The molecule has 2 N–H and O–H groups in total. The Morgan fingerprint density at radius 2 is 1.69 bits per heavy atom. The maximum absolute atomic E-state index is 4.55. The summed E-state index contributed by atoms with van der Waals surface area (Å²) in [6.45, 7) is 6.40. The van der Waals surface area contributed by atoms with Crippen LogP contribution in [0.15, 0.2) is 48.9 Å². The van der Waals surface area contributed by atoms with Gasteiger partial charge in [0.05, 0.1) is 0 Å². The van der Waals surface area contributed by atoms with Gasteiger partial charge in [0.15, 0.2) is 0 Å². The fraction of sp³-hybridized carbons (Fsp3) is 0.278. The highest BCUT2D eigenvalue weighted by molar-refractivity contribution is 5.51. The van der Waals surface area contributed by atoms with Crippen LogP contribution in [0.5, 0.6) is 0 Å². The largest absolute Gasteiger partial charge is 0.350 e. The molecule has 0 saturated carbocycles. The normalized spacial score (nSPS) is 10.4. The summed E-state index contributed by atoms with van der Waals surface area (Å²) in [6, 6.07) is 11.9. The highest BCUT2D eigenvalue weighted by atomic mass is 15.3. The predicted molar refractivity (Wildman–Crippen MR) is 102 cm³/mol. The molecule has 0 fully saturated rings. The van der Waals surface area contributed by atoms with Crippen molar-refractivity contribution in [3.05, 3.63) is 54.5 Å². The van der Waals surface area contributed by atoms with Gasteiger partial charge in [0, 0.05) is 25.8 Å². The molecule has 0 unspecified atom stereocenters. The van der Waals surface area contributed by atoms with E-state index in [1.54, 1.807) is 12.3 Å². The molecule has 0 amide bonds. The van der Waals surface area contributed by atoms with Crippen LogP contribution in [0.3, 0.4) is 0 Å². The molecule has 0 atom stereocenters. The second kappa shape index (κ2) is 8.70. The summed E-state index contributed by atoms with van der Waals surface area (Å²) in [7, 11) is 0. The molecule has 0 aliphatic carbocycles. The second-order valence-electron chi connectivity index (χ2n) is 5.51. The molecule has 2 aromatic heterocycles. The first-order valence-electron chi connectivity index (χ1n) is 8.60. The van der Waals surface area contributed by atoms with E-state index in [9.17, 15) is 0 Å². The molecule has 2 heterocycles. The third-order valence-electron chi connectivity index (χ3n) is 3.79. The van der Waals surface area contributed by atoms with E-state index in [0.29, 0.717) is 30.2 Å². The highest BCUT2D eigenvalue weighted by Crippen LogP contribution is 2.16. The Morgan fingerprint density at radius 1 is 0.923 bits per heavy atom. The molecule has 26 heavy (non-hydrogen) atoms. The lowest BCUT2D eigenvalue weighted by molar-refractivity contribution is 0.813. The molecule has 0 aliphatic heterocycles. The molecule has 0 bridgehead atoms. The maximum Gasteiger partial charge on any atom is 0.235 e. The van der Waals surface area contributed by atoms with E-state index in [4.69, 9.17) is 0 Å². The number of benzene rings is 1. The average Bonchev–Trinajstić information content (AvgIpc) is 2.69. The number of aromatic nitrogens is 5. The lowest BCUT2D eigenvalue weighted by Crippen LogP contribution is -2.25. The number of anilines is 4. The van der Waals surface area contributed by atoms with Gasteiger partial charge in [-0.25, -0.2) is 9.97 Å². The number of nitrogens with zero attached hydrogens (tertiary/aromatic N) is 6. The minimum Gasteiger partial charge on any atom is -0.350 e. The number of hydrogen-bond donors (Lipinski definition) is 2. The monoisotopic (exact) mass is 350 g/mol. The summed E-state index contributed by atoms with van der Waals surface area (Å²) in [6.07, 6.45) is 3.14. The van der Waals surface area contributed by atoms with Gasteiger partial charge in [-0.1, -0.05) is 30.3 Å². The van der Waals surface area contributed by atoms with Crippen LogP contribution in [-0.4, -0.2) is 38.0 Å². The molecule has 0 spiro atoms. The van der Waals surface area contributed by atoms with Gasteiger partial charge < -0.3 is 15.5 Å². The van der Waals surface area contributed by atoms with Crippen LogP contribution in [0.25, 0.3) is 0 Å². The van der Waals surface area contributed by atoms with Crippen LogP contribution < -0.4 is 15.5 Å². The van der Waals surface area contributed by atoms with Crippen LogP contribution in [0.1, 0.15) is 19.4 Å². The molecular weight excluding hydrogens is 328 g/mol. The van der Waals surface area contributed by atoms with Crippen molar-refractivity contribution in [3.63, 3.8) is 0 Å². The van der Waals surface area contributed by atoms with E-state index >= 15 is 0 Å². The minimum atomic E-state index is 0.441. The molecule has 8 heteroatoms. The van der Waals surface area contributed by atoms with Crippen LogP contribution in [0, 0.1) is 0 Å². The van der Waals surface area contributed by atoms with Gasteiger partial charge in [0.25, 0.3) is 0 Å². The Labute approximate surface area is 152 Å². The van der Waals surface area contributed by atoms with Crippen molar-refractivity contribution in [2.24, 2.45) is 0 Å². The van der Waals surface area contributed by atoms with Gasteiger partial charge >= 0.3 is 0 Å². The number of hydrogen-bond acceptors (Lipinski definition) is 8. The molecule has 0 saturated heterocycles. The predicted octanol–water partition coefficient (Wildman–Crippen LogP) is 2.86. The van der Waals surface area contributed by atoms with E-state index in [-0.39, 0.29) is 0 Å². The van der Waals surface area contributed by atoms with E-state index in [0.717, 1.165) is 18.7 Å². The first-order valence-corrected chi connectivity index (χ1v) is 8.60. The Bertz CT molecular complexity index is 806. The Morgan fingerprint density at radius 3 is 2.38 bits per heavy atom. The number of nitrogens with one attached hydrogen (secondary N) is 2. The summed E-state index contributed by atoms with van der Waals surface area (Å²) in [5.74, 6) is 2.21. The van der Waals surface area contributed by atoms with Crippen molar-refractivity contribution in [2.45, 2.75) is 20.4 Å². The highest BCUT2D eigenvalue weighted by Gasteiger charge is 2.11. The van der Waals surface area contributed by atoms with E-state index < -0.39 is 0 Å². The van der Waals surface area contributed by atoms with Gasteiger partial charge in [-0.15, -0.1) is 0 Å². The third-order valence-corrected chi connectivity index (χ3v) is 3.79. The zero-order chi connectivity index (χ0) is 18.2. The fourth-order valence-electron chi connectivity index (χ4n) is 2.40. The maximum atomic E-state index is 4.55. The van der Waals surface area contributed by atoms with Crippen molar-refractivity contribution >= 4 is 23.7 Å². The first kappa shape index (κ1) is 17.5. The van der Waals surface area contributed by atoms with Gasteiger partial charge in [0.1, 0.15) is 12.1 Å². The summed E-state index contributed by atoms with van der Waals surface area (Å²) in [5, 5.41) is 6.37. The van der Waals surface area contributed by atoms with Crippen LogP contribution >= 0.6 is 0 Å². The van der Waals surface area contributed by atoms with Gasteiger partial charge in [-0.2, -0.15) is 15.0 Å². The van der Waals surface area contributed by atoms with Crippen molar-refractivity contribution in [1.82, 2.24) is 24.9 Å². The fourth-order valence-corrected chi connectivity index (χ4v) is 2.40.